The van der Waals surface area contributed by atoms with Crippen LogP contribution < -0.4 is 10.9 Å². The molecule has 0 saturated carbocycles. The molecule has 5 nitrogen and oxygen atoms in total. The highest BCUT2D eigenvalue weighted by atomic mass is 32.1. The minimum absolute atomic E-state index is 0.0638. The molecule has 5 rings (SSSR count). The molecule has 0 saturated heterocycles. The molecule has 7 heteroatoms. The molecule has 5 aromatic rings. The van der Waals surface area contributed by atoms with E-state index >= 15 is 0 Å². The number of rotatable bonds is 5. The smallest absolute Gasteiger partial charge is 0.271 e. The predicted molar refractivity (Wildman–Crippen MR) is 127 cm³/mol. The molecular formula is C26H18FN3O2S. The Hall–Kier alpha value is -4.10. The Balaban J connectivity index is 1.55. The maximum atomic E-state index is 13.4. The zero-order valence-corrected chi connectivity index (χ0v) is 18.1. The van der Waals surface area contributed by atoms with Gasteiger partial charge >= 0.3 is 0 Å². The summed E-state index contributed by atoms with van der Waals surface area (Å²) in [4.78, 5) is 31.4. The molecule has 0 fully saturated rings. The number of hydrogen-bond donors (Lipinski definition) is 1. The zero-order valence-electron chi connectivity index (χ0n) is 17.3. The van der Waals surface area contributed by atoms with Crippen molar-refractivity contribution < 1.29 is 9.18 Å². The summed E-state index contributed by atoms with van der Waals surface area (Å²) in [6.07, 6.45) is 1.31. The number of aromatic nitrogens is 2. The zero-order chi connectivity index (χ0) is 22.8. The second kappa shape index (κ2) is 8.80. The second-order valence-corrected chi connectivity index (χ2v) is 8.29. The molecule has 0 bridgehead atoms. The number of halogens is 1. The number of nitrogens with zero attached hydrogens (tertiary/aromatic N) is 2. The minimum atomic E-state index is -0.518. The Morgan fingerprint density at radius 2 is 1.52 bits per heavy atom. The van der Waals surface area contributed by atoms with Gasteiger partial charge in [0.25, 0.3) is 11.5 Å². The Kier molecular flexibility index (Phi) is 5.54. The number of fused-ring (bicyclic) bond motifs is 1. The number of hydrogen-bond acceptors (Lipinski definition) is 4. The van der Waals surface area contributed by atoms with Crippen molar-refractivity contribution in [3.63, 3.8) is 0 Å². The molecule has 3 aromatic carbocycles. The van der Waals surface area contributed by atoms with Gasteiger partial charge in [0.2, 0.25) is 0 Å². The number of amides is 1. The van der Waals surface area contributed by atoms with Crippen molar-refractivity contribution >= 4 is 22.2 Å². The number of benzene rings is 3. The first-order chi connectivity index (χ1) is 16.1. The summed E-state index contributed by atoms with van der Waals surface area (Å²) in [6, 6.07) is 24.6. The van der Waals surface area contributed by atoms with Crippen LogP contribution in [0.4, 0.5) is 4.39 Å². The lowest BCUT2D eigenvalue weighted by Crippen LogP contribution is -2.34. The van der Waals surface area contributed by atoms with Crippen LogP contribution in [0.2, 0.25) is 0 Å². The third kappa shape index (κ3) is 4.06. The standard InChI is InChI=1S/C26H18FN3O2S/c27-20-13-11-17(12-14-20)22-16-33-26-28-15-21(25(32)30(22)26)24(31)29-23(18-7-3-1-4-8-18)19-9-5-2-6-10-19/h1-16,23H,(H,29,31). The average Bonchev–Trinajstić information content (AvgIpc) is 3.29. The molecule has 0 aliphatic rings. The maximum absolute atomic E-state index is 13.4. The molecule has 0 aliphatic carbocycles. The summed E-state index contributed by atoms with van der Waals surface area (Å²) in [7, 11) is 0. The minimum Gasteiger partial charge on any atom is -0.341 e. The number of thiazole rings is 1. The molecular weight excluding hydrogens is 437 g/mol. The van der Waals surface area contributed by atoms with E-state index in [1.807, 2.05) is 60.7 Å². The second-order valence-electron chi connectivity index (χ2n) is 7.45. The monoisotopic (exact) mass is 455 g/mol. The first-order valence-electron chi connectivity index (χ1n) is 10.3. The fourth-order valence-electron chi connectivity index (χ4n) is 3.73. The topological polar surface area (TPSA) is 63.5 Å². The molecule has 0 aliphatic heterocycles. The molecule has 33 heavy (non-hydrogen) atoms. The van der Waals surface area contributed by atoms with Gasteiger partial charge in [0.05, 0.1) is 11.7 Å². The van der Waals surface area contributed by atoms with Gasteiger partial charge in [-0.3, -0.25) is 14.0 Å². The molecule has 0 spiro atoms. The van der Waals surface area contributed by atoms with E-state index in [1.165, 1.54) is 34.1 Å². The maximum Gasteiger partial charge on any atom is 0.271 e. The summed E-state index contributed by atoms with van der Waals surface area (Å²) >= 11 is 1.28. The first kappa shape index (κ1) is 20.8. The molecule has 1 N–H and O–H groups in total. The summed E-state index contributed by atoms with van der Waals surface area (Å²) < 4.78 is 14.8. The highest BCUT2D eigenvalue weighted by molar-refractivity contribution is 7.15. The van der Waals surface area contributed by atoms with E-state index in [0.717, 1.165) is 11.1 Å². The van der Waals surface area contributed by atoms with E-state index in [4.69, 9.17) is 0 Å². The van der Waals surface area contributed by atoms with Gasteiger partial charge in [-0.15, -0.1) is 11.3 Å². The highest BCUT2D eigenvalue weighted by Gasteiger charge is 2.22. The average molecular weight is 456 g/mol. The van der Waals surface area contributed by atoms with Crippen LogP contribution in [-0.2, 0) is 0 Å². The quantitative estimate of drug-likeness (QED) is 0.402. The lowest BCUT2D eigenvalue weighted by Gasteiger charge is -2.19. The van der Waals surface area contributed by atoms with Crippen LogP contribution >= 0.6 is 11.3 Å². The van der Waals surface area contributed by atoms with Crippen LogP contribution in [-0.4, -0.2) is 15.3 Å². The lowest BCUT2D eigenvalue weighted by molar-refractivity contribution is 0.0941. The normalized spacial score (nSPS) is 11.1. The summed E-state index contributed by atoms with van der Waals surface area (Å²) in [5.74, 6) is -0.882. The lowest BCUT2D eigenvalue weighted by atomic mass is 9.98. The van der Waals surface area contributed by atoms with Gasteiger partial charge in [-0.2, -0.15) is 0 Å². The largest absolute Gasteiger partial charge is 0.341 e. The van der Waals surface area contributed by atoms with Gasteiger partial charge in [-0.25, -0.2) is 9.37 Å². The molecule has 2 heterocycles. The highest BCUT2D eigenvalue weighted by Crippen LogP contribution is 2.25. The molecule has 0 radical (unpaired) electrons. The first-order valence-corrected chi connectivity index (χ1v) is 11.2. The SMILES string of the molecule is O=C(NC(c1ccccc1)c1ccccc1)c1cnc2scc(-c3ccc(F)cc3)n2c1=O. The summed E-state index contributed by atoms with van der Waals surface area (Å²) in [5.41, 5.74) is 2.48. The molecule has 1 amide bonds. The van der Waals surface area contributed by atoms with Gasteiger partial charge < -0.3 is 5.32 Å². The number of carbonyl (C=O) groups is 1. The molecule has 0 atom stereocenters. The predicted octanol–water partition coefficient (Wildman–Crippen LogP) is 5.08. The van der Waals surface area contributed by atoms with Crippen molar-refractivity contribution in [1.29, 1.82) is 0 Å². The van der Waals surface area contributed by atoms with Crippen LogP contribution in [0, 0.1) is 5.82 Å². The molecule has 0 unspecified atom stereocenters. The third-order valence-electron chi connectivity index (χ3n) is 5.37. The van der Waals surface area contributed by atoms with Gasteiger partial charge in [0, 0.05) is 11.6 Å². The van der Waals surface area contributed by atoms with Crippen molar-refractivity contribution in [1.82, 2.24) is 14.7 Å². The Labute approximate surface area is 192 Å². The van der Waals surface area contributed by atoms with Crippen LogP contribution in [0.25, 0.3) is 16.2 Å². The third-order valence-corrected chi connectivity index (χ3v) is 6.21. The van der Waals surface area contributed by atoms with Crippen molar-refractivity contribution in [3.8, 4) is 11.3 Å². The van der Waals surface area contributed by atoms with Crippen LogP contribution in [0.15, 0.2) is 101 Å². The van der Waals surface area contributed by atoms with Crippen molar-refractivity contribution in [2.24, 2.45) is 0 Å². The Morgan fingerprint density at radius 1 is 0.909 bits per heavy atom. The van der Waals surface area contributed by atoms with E-state index in [1.54, 1.807) is 17.5 Å². The number of nitrogens with one attached hydrogen (secondary N) is 1. The summed E-state index contributed by atoms with van der Waals surface area (Å²) in [6.45, 7) is 0. The molecule has 162 valence electrons. The van der Waals surface area contributed by atoms with E-state index in [-0.39, 0.29) is 11.4 Å². The van der Waals surface area contributed by atoms with E-state index < -0.39 is 17.5 Å². The van der Waals surface area contributed by atoms with E-state index in [2.05, 4.69) is 10.3 Å². The van der Waals surface area contributed by atoms with Crippen molar-refractivity contribution in [2.45, 2.75) is 6.04 Å². The van der Waals surface area contributed by atoms with Gasteiger partial charge in [-0.1, -0.05) is 60.7 Å². The van der Waals surface area contributed by atoms with Gasteiger partial charge in [0.1, 0.15) is 11.4 Å². The van der Waals surface area contributed by atoms with Gasteiger partial charge in [0.15, 0.2) is 4.96 Å². The van der Waals surface area contributed by atoms with Crippen LogP contribution in [0.1, 0.15) is 27.5 Å². The molecule has 2 aromatic heterocycles. The van der Waals surface area contributed by atoms with Crippen LogP contribution in [0.3, 0.4) is 0 Å². The fourth-order valence-corrected chi connectivity index (χ4v) is 4.59. The number of carbonyl (C=O) groups excluding carboxylic acids is 1. The van der Waals surface area contributed by atoms with E-state index in [0.29, 0.717) is 16.2 Å². The van der Waals surface area contributed by atoms with Crippen molar-refractivity contribution in [3.05, 3.63) is 129 Å². The fraction of sp³-hybridized carbons (Fsp3) is 0.0385. The Bertz CT molecular complexity index is 1440. The van der Waals surface area contributed by atoms with E-state index in [9.17, 15) is 14.0 Å². The Morgan fingerprint density at radius 3 is 2.12 bits per heavy atom. The van der Waals surface area contributed by atoms with Crippen molar-refractivity contribution in [2.75, 3.05) is 0 Å². The summed E-state index contributed by atoms with van der Waals surface area (Å²) in [5, 5.41) is 4.77. The van der Waals surface area contributed by atoms with Gasteiger partial charge in [-0.05, 0) is 41.0 Å². The van der Waals surface area contributed by atoms with Crippen LogP contribution in [0.5, 0.6) is 0 Å².